The Morgan fingerprint density at radius 1 is 1.16 bits per heavy atom. The van der Waals surface area contributed by atoms with Crippen LogP contribution in [0.15, 0.2) is 24.8 Å². The van der Waals surface area contributed by atoms with E-state index < -0.39 is 30.4 Å². The number of carbonyl (C=O) groups excluding carboxylic acids is 1. The maximum atomic E-state index is 12.2. The van der Waals surface area contributed by atoms with Gasteiger partial charge in [0, 0.05) is 45.1 Å². The van der Waals surface area contributed by atoms with Gasteiger partial charge in [-0.1, -0.05) is 5.92 Å². The fraction of sp³-hybridized carbons (Fsp3) is 0.478. The molecule has 5 rings (SSSR count). The summed E-state index contributed by atoms with van der Waals surface area (Å²) < 4.78 is 7.11. The molecule has 0 aromatic carbocycles. The number of carbonyl (C=O) groups is 1. The van der Waals surface area contributed by atoms with Crippen LogP contribution < -0.4 is 16.0 Å². The van der Waals surface area contributed by atoms with Crippen molar-refractivity contribution in [2.24, 2.45) is 0 Å². The van der Waals surface area contributed by atoms with Crippen LogP contribution in [0, 0.1) is 11.8 Å². The van der Waals surface area contributed by atoms with Crippen LogP contribution in [0.3, 0.4) is 0 Å². The first-order valence-electron chi connectivity index (χ1n) is 12.0. The molecule has 3 aromatic heterocycles. The van der Waals surface area contributed by atoms with Crippen LogP contribution >= 0.6 is 0 Å². The molecule has 2 saturated heterocycles. The summed E-state index contributed by atoms with van der Waals surface area (Å²) in [6, 6.07) is 1.80. The average Bonchev–Trinajstić information content (AvgIpc) is 3.46. The minimum absolute atomic E-state index is 0.123. The molecule has 0 radical (unpaired) electrons. The van der Waals surface area contributed by atoms with E-state index in [-0.39, 0.29) is 17.3 Å². The SMILES string of the molecule is CCNC(=O)[C@H]1O[C@@H](n2cnc3c(N)nc(C#CCN4CCN(c5ncccn5)CC4)nc32)[C@@H](O)C1O. The predicted octanol–water partition coefficient (Wildman–Crippen LogP) is -1.87. The molecule has 0 aliphatic carbocycles. The van der Waals surface area contributed by atoms with Crippen LogP contribution in [0.25, 0.3) is 11.2 Å². The lowest BCUT2D eigenvalue weighted by Crippen LogP contribution is -2.47. The first-order chi connectivity index (χ1) is 18.0. The summed E-state index contributed by atoms with van der Waals surface area (Å²) in [5.41, 5.74) is 6.67. The molecule has 3 aromatic rings. The van der Waals surface area contributed by atoms with E-state index in [0.29, 0.717) is 18.6 Å². The van der Waals surface area contributed by atoms with Gasteiger partial charge in [-0.2, -0.15) is 0 Å². The zero-order chi connectivity index (χ0) is 25.9. The van der Waals surface area contributed by atoms with E-state index >= 15 is 0 Å². The van der Waals surface area contributed by atoms with Gasteiger partial charge in [-0.3, -0.25) is 14.3 Å². The second-order valence-corrected chi connectivity index (χ2v) is 8.69. The van der Waals surface area contributed by atoms with E-state index in [1.165, 1.54) is 10.9 Å². The molecule has 1 amide bonds. The molecule has 5 heterocycles. The van der Waals surface area contributed by atoms with Crippen LogP contribution in [0.5, 0.6) is 0 Å². The summed E-state index contributed by atoms with van der Waals surface area (Å²) in [5, 5.41) is 23.5. The normalized spacial score (nSPS) is 24.1. The second kappa shape index (κ2) is 10.6. The number of aliphatic hydroxyl groups excluding tert-OH is 2. The van der Waals surface area contributed by atoms with Gasteiger partial charge in [0.05, 0.1) is 12.9 Å². The molecular weight excluding hydrogens is 480 g/mol. The summed E-state index contributed by atoms with van der Waals surface area (Å²) in [6.45, 7) is 5.86. The molecule has 4 atom stereocenters. The van der Waals surface area contributed by atoms with Gasteiger partial charge in [0.1, 0.15) is 17.7 Å². The Bertz CT molecular complexity index is 1320. The smallest absolute Gasteiger partial charge is 0.252 e. The lowest BCUT2D eigenvalue weighted by atomic mass is 10.1. The molecule has 0 spiro atoms. The Morgan fingerprint density at radius 2 is 1.92 bits per heavy atom. The number of likely N-dealkylation sites (N-methyl/N-ethyl adjacent to an activating group) is 1. The number of nitrogens with zero attached hydrogens (tertiary/aromatic N) is 8. The molecule has 14 heteroatoms. The van der Waals surface area contributed by atoms with Crippen molar-refractivity contribution >= 4 is 28.8 Å². The number of rotatable bonds is 5. The quantitative estimate of drug-likeness (QED) is 0.282. The third-order valence-corrected chi connectivity index (χ3v) is 6.28. The van der Waals surface area contributed by atoms with E-state index in [9.17, 15) is 15.0 Å². The molecule has 1 unspecified atom stereocenters. The van der Waals surface area contributed by atoms with E-state index in [0.717, 1.165) is 32.1 Å². The number of nitrogen functional groups attached to an aromatic ring is 1. The largest absolute Gasteiger partial charge is 0.387 e. The average molecular weight is 509 g/mol. The van der Waals surface area contributed by atoms with Gasteiger partial charge in [-0.15, -0.1) is 0 Å². The van der Waals surface area contributed by atoms with E-state index in [1.807, 2.05) is 0 Å². The fourth-order valence-corrected chi connectivity index (χ4v) is 4.35. The first-order valence-corrected chi connectivity index (χ1v) is 12.0. The van der Waals surface area contributed by atoms with Crippen molar-refractivity contribution in [3.05, 3.63) is 30.6 Å². The highest BCUT2D eigenvalue weighted by Gasteiger charge is 2.47. The molecule has 2 aliphatic heterocycles. The molecule has 194 valence electrons. The third kappa shape index (κ3) is 5.02. The highest BCUT2D eigenvalue weighted by molar-refractivity contribution is 5.83. The van der Waals surface area contributed by atoms with Crippen LogP contribution in [0.2, 0.25) is 0 Å². The van der Waals surface area contributed by atoms with E-state index in [2.05, 4.69) is 51.9 Å². The molecular formula is C23H28N10O4. The second-order valence-electron chi connectivity index (χ2n) is 8.69. The zero-order valence-corrected chi connectivity index (χ0v) is 20.2. The number of nitrogens with one attached hydrogen (secondary N) is 1. The van der Waals surface area contributed by atoms with Gasteiger partial charge in [0.15, 0.2) is 23.8 Å². The maximum absolute atomic E-state index is 12.2. The van der Waals surface area contributed by atoms with Gasteiger partial charge >= 0.3 is 0 Å². The summed E-state index contributed by atoms with van der Waals surface area (Å²) in [5.74, 6) is 6.57. The lowest BCUT2D eigenvalue weighted by molar-refractivity contribution is -0.137. The van der Waals surface area contributed by atoms with Crippen molar-refractivity contribution in [2.75, 3.05) is 49.9 Å². The molecule has 0 saturated carbocycles. The fourth-order valence-electron chi connectivity index (χ4n) is 4.35. The van der Waals surface area contributed by atoms with Gasteiger partial charge in [-0.25, -0.2) is 24.9 Å². The monoisotopic (exact) mass is 508 g/mol. The number of amides is 1. The highest BCUT2D eigenvalue weighted by Crippen LogP contribution is 2.32. The minimum atomic E-state index is -1.42. The Balaban J connectivity index is 1.28. The summed E-state index contributed by atoms with van der Waals surface area (Å²) >= 11 is 0. The molecule has 0 bridgehead atoms. The number of nitrogens with two attached hydrogens (primary N) is 1. The van der Waals surface area contributed by atoms with Crippen LogP contribution in [0.4, 0.5) is 11.8 Å². The number of hydrogen-bond donors (Lipinski definition) is 4. The molecule has 2 aliphatic rings. The van der Waals surface area contributed by atoms with Crippen molar-refractivity contribution in [2.45, 2.75) is 31.5 Å². The van der Waals surface area contributed by atoms with Crippen LogP contribution in [-0.4, -0.2) is 108 Å². The Labute approximate surface area is 212 Å². The van der Waals surface area contributed by atoms with Crippen LogP contribution in [-0.2, 0) is 9.53 Å². The lowest BCUT2D eigenvalue weighted by Gasteiger charge is -2.33. The third-order valence-electron chi connectivity index (χ3n) is 6.28. The van der Waals surface area contributed by atoms with E-state index in [1.54, 1.807) is 25.4 Å². The number of aliphatic hydroxyl groups is 2. The summed E-state index contributed by atoms with van der Waals surface area (Å²) in [6.07, 6.45) is -0.270. The number of fused-ring (bicyclic) bond motifs is 1. The molecule has 2 fully saturated rings. The molecule has 14 nitrogen and oxygen atoms in total. The van der Waals surface area contributed by atoms with Gasteiger partial charge in [-0.05, 0) is 18.9 Å². The number of ether oxygens (including phenoxy) is 1. The van der Waals surface area contributed by atoms with E-state index in [4.69, 9.17) is 10.5 Å². The zero-order valence-electron chi connectivity index (χ0n) is 20.2. The molecule has 5 N–H and O–H groups in total. The molecule has 37 heavy (non-hydrogen) atoms. The minimum Gasteiger partial charge on any atom is -0.387 e. The standard InChI is InChI=1S/C23H28N10O4/c1-2-25-21(36)18-16(34)17(35)22(37-18)33-13-28-15-19(24)29-14(30-20(15)33)5-3-8-31-9-11-32(12-10-31)23-26-6-4-7-27-23/h4,6-7,13,16-18,22,34-35H,2,8-12H2,1H3,(H,25,36)(H2,24,29,30)/t16?,17-,18-,22+/m0/s1. The highest BCUT2D eigenvalue weighted by atomic mass is 16.6. The van der Waals surface area contributed by atoms with Gasteiger partial charge in [0.25, 0.3) is 5.91 Å². The van der Waals surface area contributed by atoms with Crippen molar-refractivity contribution in [3.63, 3.8) is 0 Å². The Morgan fingerprint density at radius 3 is 2.65 bits per heavy atom. The summed E-state index contributed by atoms with van der Waals surface area (Å²) in [4.78, 5) is 38.1. The van der Waals surface area contributed by atoms with Crippen molar-refractivity contribution in [1.29, 1.82) is 0 Å². The number of piperazine rings is 1. The van der Waals surface area contributed by atoms with Gasteiger partial charge in [0.2, 0.25) is 11.8 Å². The van der Waals surface area contributed by atoms with Crippen LogP contribution in [0.1, 0.15) is 19.0 Å². The maximum Gasteiger partial charge on any atom is 0.252 e. The number of aromatic nitrogens is 6. The van der Waals surface area contributed by atoms with Crippen molar-refractivity contribution < 1.29 is 19.7 Å². The summed E-state index contributed by atoms with van der Waals surface area (Å²) in [7, 11) is 0. The Kier molecular flexibility index (Phi) is 7.10. The first kappa shape index (κ1) is 24.8. The number of anilines is 2. The van der Waals surface area contributed by atoms with Crippen molar-refractivity contribution in [1.82, 2.24) is 39.7 Å². The van der Waals surface area contributed by atoms with Crippen molar-refractivity contribution in [3.8, 4) is 11.8 Å². The van der Waals surface area contributed by atoms with Gasteiger partial charge < -0.3 is 30.9 Å². The topological polar surface area (TPSA) is 181 Å². The number of imidazole rings is 1. The predicted molar refractivity (Wildman–Crippen MR) is 132 cm³/mol. The Hall–Kier alpha value is -3.90. The number of hydrogen-bond acceptors (Lipinski definition) is 12.